The molecule has 1 atom stereocenters. The van der Waals surface area contributed by atoms with Crippen LogP contribution in [-0.4, -0.2) is 43.7 Å². The molecule has 1 unspecified atom stereocenters. The Morgan fingerprint density at radius 1 is 1.21 bits per heavy atom. The topological polar surface area (TPSA) is 67.6 Å². The van der Waals surface area contributed by atoms with E-state index in [9.17, 15) is 4.79 Å². The molecule has 0 aliphatic carbocycles. The predicted molar refractivity (Wildman–Crippen MR) is 109 cm³/mol. The van der Waals surface area contributed by atoms with Gasteiger partial charge in [0.2, 0.25) is 0 Å². The van der Waals surface area contributed by atoms with Gasteiger partial charge in [0.05, 0.1) is 13.2 Å². The number of amides is 1. The zero-order chi connectivity index (χ0) is 20.1. The fourth-order valence-corrected chi connectivity index (χ4v) is 3.05. The highest BCUT2D eigenvalue weighted by Gasteiger charge is 2.20. The second kappa shape index (κ2) is 8.91. The lowest BCUT2D eigenvalue weighted by molar-refractivity contribution is 0.0932. The average Bonchev–Trinajstić information content (AvgIpc) is 3.19. The van der Waals surface area contributed by atoms with Crippen molar-refractivity contribution in [3.63, 3.8) is 0 Å². The number of halogens is 1. The van der Waals surface area contributed by atoms with Gasteiger partial charge in [0.1, 0.15) is 5.75 Å². The second-order valence-corrected chi connectivity index (χ2v) is 6.95. The maximum Gasteiger partial charge on any atom is 0.273 e. The van der Waals surface area contributed by atoms with Crippen molar-refractivity contribution >= 4 is 17.5 Å². The first-order valence-corrected chi connectivity index (χ1v) is 9.17. The van der Waals surface area contributed by atoms with Crippen LogP contribution < -0.4 is 10.1 Å². The molecule has 6 nitrogen and oxygen atoms in total. The van der Waals surface area contributed by atoms with Gasteiger partial charge in [-0.1, -0.05) is 35.0 Å². The number of methoxy groups -OCH3 is 1. The highest BCUT2D eigenvalue weighted by atomic mass is 35.5. The number of carbonyl (C=O) groups is 1. The number of aromatic nitrogens is 1. The van der Waals surface area contributed by atoms with Crippen molar-refractivity contribution in [1.82, 2.24) is 15.4 Å². The molecule has 0 aliphatic rings. The van der Waals surface area contributed by atoms with Crippen LogP contribution >= 0.6 is 11.6 Å². The molecule has 0 aliphatic heterocycles. The molecule has 7 heteroatoms. The Labute approximate surface area is 169 Å². The molecule has 1 amide bonds. The Kier molecular flexibility index (Phi) is 6.34. The van der Waals surface area contributed by atoms with E-state index in [2.05, 4.69) is 10.5 Å². The summed E-state index contributed by atoms with van der Waals surface area (Å²) in [6, 6.07) is 16.5. The zero-order valence-corrected chi connectivity index (χ0v) is 16.7. The van der Waals surface area contributed by atoms with E-state index in [0.29, 0.717) is 17.3 Å². The van der Waals surface area contributed by atoms with Crippen LogP contribution in [0.25, 0.3) is 11.3 Å². The molecule has 1 N–H and O–H groups in total. The lowest BCUT2D eigenvalue weighted by Crippen LogP contribution is -2.34. The van der Waals surface area contributed by atoms with E-state index in [0.717, 1.165) is 16.9 Å². The maximum atomic E-state index is 12.6. The number of benzene rings is 2. The Morgan fingerprint density at radius 3 is 2.61 bits per heavy atom. The van der Waals surface area contributed by atoms with Gasteiger partial charge in [-0.3, -0.25) is 4.79 Å². The summed E-state index contributed by atoms with van der Waals surface area (Å²) in [5, 5.41) is 7.44. The number of likely N-dealkylation sites (N-methyl/N-ethyl adjacent to an activating group) is 1. The molecule has 146 valence electrons. The summed E-state index contributed by atoms with van der Waals surface area (Å²) in [6.45, 7) is 0.398. The SMILES string of the molecule is COc1ccccc1C(CNC(=O)c1cc(-c2ccc(Cl)cc2)on1)N(C)C. The summed E-state index contributed by atoms with van der Waals surface area (Å²) in [6.07, 6.45) is 0. The number of hydrogen-bond donors (Lipinski definition) is 1. The van der Waals surface area contributed by atoms with Crippen molar-refractivity contribution in [1.29, 1.82) is 0 Å². The molecule has 2 aromatic carbocycles. The van der Waals surface area contributed by atoms with E-state index < -0.39 is 0 Å². The van der Waals surface area contributed by atoms with Crippen LogP contribution in [-0.2, 0) is 0 Å². The monoisotopic (exact) mass is 399 g/mol. The van der Waals surface area contributed by atoms with Gasteiger partial charge in [-0.05, 0) is 44.4 Å². The van der Waals surface area contributed by atoms with Crippen LogP contribution in [0.5, 0.6) is 5.75 Å². The van der Waals surface area contributed by atoms with Crippen LogP contribution in [0, 0.1) is 0 Å². The standard InChI is InChI=1S/C21H22ClN3O3/c1-25(2)18(16-6-4-5-7-19(16)27-3)13-23-21(26)17-12-20(28-24-17)14-8-10-15(22)11-9-14/h4-12,18H,13H2,1-3H3,(H,23,26). The predicted octanol–water partition coefficient (Wildman–Crippen LogP) is 4.04. The average molecular weight is 400 g/mol. The first-order valence-electron chi connectivity index (χ1n) is 8.79. The molecule has 28 heavy (non-hydrogen) atoms. The molecule has 0 spiro atoms. The molecule has 1 heterocycles. The normalized spacial score (nSPS) is 12.0. The van der Waals surface area contributed by atoms with Crippen LogP contribution in [0.3, 0.4) is 0 Å². The number of nitrogens with one attached hydrogen (secondary N) is 1. The van der Waals surface area contributed by atoms with Crippen LogP contribution in [0.15, 0.2) is 59.1 Å². The third kappa shape index (κ3) is 4.52. The summed E-state index contributed by atoms with van der Waals surface area (Å²) in [4.78, 5) is 14.6. The number of nitrogens with zero attached hydrogens (tertiary/aromatic N) is 2. The number of carbonyl (C=O) groups excluding carboxylic acids is 1. The van der Waals surface area contributed by atoms with Gasteiger partial charge in [0, 0.05) is 28.8 Å². The summed E-state index contributed by atoms with van der Waals surface area (Å²) >= 11 is 5.90. The van der Waals surface area contributed by atoms with Gasteiger partial charge in [-0.25, -0.2) is 0 Å². The van der Waals surface area contributed by atoms with Crippen molar-refractivity contribution in [2.45, 2.75) is 6.04 Å². The molecule has 1 aromatic heterocycles. The highest BCUT2D eigenvalue weighted by molar-refractivity contribution is 6.30. The highest BCUT2D eigenvalue weighted by Crippen LogP contribution is 2.27. The first kappa shape index (κ1) is 19.9. The Morgan fingerprint density at radius 2 is 1.93 bits per heavy atom. The van der Waals surface area contributed by atoms with Crippen molar-refractivity contribution in [2.75, 3.05) is 27.7 Å². The largest absolute Gasteiger partial charge is 0.496 e. The lowest BCUT2D eigenvalue weighted by atomic mass is 10.0. The van der Waals surface area contributed by atoms with Crippen molar-refractivity contribution < 1.29 is 14.1 Å². The summed E-state index contributed by atoms with van der Waals surface area (Å²) < 4.78 is 10.8. The minimum Gasteiger partial charge on any atom is -0.496 e. The quantitative estimate of drug-likeness (QED) is 0.649. The Hall–Kier alpha value is -2.83. The molecule has 3 aromatic rings. The summed E-state index contributed by atoms with van der Waals surface area (Å²) in [5.41, 5.74) is 2.02. The zero-order valence-electron chi connectivity index (χ0n) is 16.0. The smallest absolute Gasteiger partial charge is 0.273 e. The molecule has 3 rings (SSSR count). The molecule has 0 bridgehead atoms. The van der Waals surface area contributed by atoms with Gasteiger partial charge in [0.25, 0.3) is 5.91 Å². The fraction of sp³-hybridized carbons (Fsp3) is 0.238. The third-order valence-electron chi connectivity index (χ3n) is 4.45. The van der Waals surface area contributed by atoms with Gasteiger partial charge in [0.15, 0.2) is 11.5 Å². The van der Waals surface area contributed by atoms with E-state index in [-0.39, 0.29) is 17.6 Å². The third-order valence-corrected chi connectivity index (χ3v) is 4.70. The number of hydrogen-bond acceptors (Lipinski definition) is 5. The molecule has 0 saturated carbocycles. The minimum atomic E-state index is -0.300. The maximum absolute atomic E-state index is 12.6. The van der Waals surface area contributed by atoms with Crippen LogP contribution in [0.2, 0.25) is 5.02 Å². The molecular formula is C21H22ClN3O3. The van der Waals surface area contributed by atoms with Crippen LogP contribution in [0.1, 0.15) is 22.1 Å². The van der Waals surface area contributed by atoms with Crippen molar-refractivity contribution in [3.8, 4) is 17.1 Å². The fourth-order valence-electron chi connectivity index (χ4n) is 2.92. The summed E-state index contributed by atoms with van der Waals surface area (Å²) in [7, 11) is 5.55. The van der Waals surface area contributed by atoms with Crippen molar-refractivity contribution in [3.05, 3.63) is 70.9 Å². The lowest BCUT2D eigenvalue weighted by Gasteiger charge is -2.26. The number of para-hydroxylation sites is 1. The molecule has 0 saturated heterocycles. The molecule has 0 fully saturated rings. The van der Waals surface area contributed by atoms with E-state index in [4.69, 9.17) is 20.9 Å². The van der Waals surface area contributed by atoms with Crippen LogP contribution in [0.4, 0.5) is 0 Å². The van der Waals surface area contributed by atoms with Crippen molar-refractivity contribution in [2.24, 2.45) is 0 Å². The Bertz CT molecular complexity index is 938. The van der Waals surface area contributed by atoms with E-state index in [1.807, 2.05) is 55.4 Å². The number of ether oxygens (including phenoxy) is 1. The number of rotatable bonds is 7. The van der Waals surface area contributed by atoms with E-state index in [1.54, 1.807) is 25.3 Å². The second-order valence-electron chi connectivity index (χ2n) is 6.51. The first-order chi connectivity index (χ1) is 13.5. The van der Waals surface area contributed by atoms with Gasteiger partial charge in [-0.15, -0.1) is 0 Å². The molecular weight excluding hydrogens is 378 g/mol. The van der Waals surface area contributed by atoms with Gasteiger partial charge in [-0.2, -0.15) is 0 Å². The van der Waals surface area contributed by atoms with E-state index >= 15 is 0 Å². The minimum absolute atomic E-state index is 0.0530. The van der Waals surface area contributed by atoms with E-state index in [1.165, 1.54) is 0 Å². The Balaban J connectivity index is 1.71. The summed E-state index contributed by atoms with van der Waals surface area (Å²) in [5.74, 6) is 0.989. The molecule has 0 radical (unpaired) electrons. The van der Waals surface area contributed by atoms with Gasteiger partial charge >= 0.3 is 0 Å². The van der Waals surface area contributed by atoms with Gasteiger partial charge < -0.3 is 19.5 Å².